The molecule has 5 heteroatoms. The molecule has 0 aromatic heterocycles. The van der Waals surface area contributed by atoms with Gasteiger partial charge in [-0.2, -0.15) is 0 Å². The van der Waals surface area contributed by atoms with E-state index in [0.29, 0.717) is 5.92 Å². The molecule has 1 atom stereocenters. The van der Waals surface area contributed by atoms with Crippen LogP contribution in [0.25, 0.3) is 0 Å². The molecule has 3 N–H and O–H groups in total. The average molecular weight is 262 g/mol. The SMILES string of the molecule is CCO[Si](C)(CC(C)CNCCCN)OCC. The first kappa shape index (κ1) is 17.1. The Bertz CT molecular complexity index is 176. The quantitative estimate of drug-likeness (QED) is 0.440. The van der Waals surface area contributed by atoms with Gasteiger partial charge in [-0.1, -0.05) is 6.92 Å². The molecule has 1 unspecified atom stereocenters. The molecule has 0 aliphatic rings. The third kappa shape index (κ3) is 8.74. The predicted octanol–water partition coefficient (Wildman–Crippen LogP) is 1.71. The van der Waals surface area contributed by atoms with Gasteiger partial charge in [0.15, 0.2) is 0 Å². The van der Waals surface area contributed by atoms with Crippen LogP contribution in [0.2, 0.25) is 12.6 Å². The summed E-state index contributed by atoms with van der Waals surface area (Å²) in [5.41, 5.74) is 5.45. The van der Waals surface area contributed by atoms with Crippen molar-refractivity contribution in [2.45, 2.75) is 39.8 Å². The minimum atomic E-state index is -1.95. The maximum atomic E-state index is 5.84. The third-order valence-corrected chi connectivity index (χ3v) is 5.91. The van der Waals surface area contributed by atoms with E-state index in [1.165, 1.54) is 0 Å². The molecule has 0 radical (unpaired) electrons. The van der Waals surface area contributed by atoms with E-state index in [9.17, 15) is 0 Å². The number of nitrogens with two attached hydrogens (primary N) is 1. The summed E-state index contributed by atoms with van der Waals surface area (Å²) >= 11 is 0. The van der Waals surface area contributed by atoms with Gasteiger partial charge < -0.3 is 19.9 Å². The van der Waals surface area contributed by atoms with Gasteiger partial charge in [0, 0.05) is 13.2 Å². The van der Waals surface area contributed by atoms with Crippen LogP contribution in [0.3, 0.4) is 0 Å². The first-order valence-corrected chi connectivity index (χ1v) is 9.29. The average Bonchev–Trinajstić information content (AvgIpc) is 2.24. The molecule has 104 valence electrons. The number of rotatable bonds is 11. The van der Waals surface area contributed by atoms with E-state index in [1.54, 1.807) is 0 Å². The first-order valence-electron chi connectivity index (χ1n) is 6.76. The monoisotopic (exact) mass is 262 g/mol. The first-order chi connectivity index (χ1) is 8.08. The molecule has 0 aromatic rings. The lowest BCUT2D eigenvalue weighted by Gasteiger charge is -2.28. The van der Waals surface area contributed by atoms with Crippen molar-refractivity contribution in [1.82, 2.24) is 5.32 Å². The molecule has 0 aromatic carbocycles. The molecule has 0 saturated carbocycles. The van der Waals surface area contributed by atoms with E-state index in [1.807, 2.05) is 13.8 Å². The van der Waals surface area contributed by atoms with E-state index in [4.69, 9.17) is 14.6 Å². The Balaban J connectivity index is 3.90. The Morgan fingerprint density at radius 3 is 2.29 bits per heavy atom. The van der Waals surface area contributed by atoms with Crippen molar-refractivity contribution in [2.75, 3.05) is 32.8 Å². The molecule has 0 fully saturated rings. The Kier molecular flexibility index (Phi) is 10.1. The molecule has 0 aliphatic carbocycles. The summed E-state index contributed by atoms with van der Waals surface area (Å²) in [7, 11) is -1.95. The van der Waals surface area contributed by atoms with Gasteiger partial charge >= 0.3 is 8.56 Å². The summed E-state index contributed by atoms with van der Waals surface area (Å²) in [6.07, 6.45) is 1.04. The van der Waals surface area contributed by atoms with Crippen molar-refractivity contribution in [3.8, 4) is 0 Å². The van der Waals surface area contributed by atoms with Gasteiger partial charge in [0.25, 0.3) is 0 Å². The molecule has 0 saturated heterocycles. The van der Waals surface area contributed by atoms with Gasteiger partial charge in [-0.05, 0) is 58.4 Å². The molecule has 17 heavy (non-hydrogen) atoms. The van der Waals surface area contributed by atoms with Gasteiger partial charge in [-0.3, -0.25) is 0 Å². The largest absolute Gasteiger partial charge is 0.395 e. The molecular formula is C12H30N2O2Si. The van der Waals surface area contributed by atoms with Crippen LogP contribution in [0, 0.1) is 5.92 Å². The van der Waals surface area contributed by atoms with Crippen molar-refractivity contribution in [2.24, 2.45) is 11.7 Å². The van der Waals surface area contributed by atoms with E-state index < -0.39 is 8.56 Å². The fourth-order valence-corrected chi connectivity index (χ4v) is 5.00. The number of hydrogen-bond acceptors (Lipinski definition) is 4. The van der Waals surface area contributed by atoms with Crippen LogP contribution >= 0.6 is 0 Å². The molecule has 0 heterocycles. The summed E-state index contributed by atoms with van der Waals surface area (Å²) in [6, 6.07) is 1.05. The second-order valence-corrected chi connectivity index (χ2v) is 7.91. The lowest BCUT2D eigenvalue weighted by molar-refractivity contribution is 0.184. The van der Waals surface area contributed by atoms with Crippen molar-refractivity contribution in [1.29, 1.82) is 0 Å². The zero-order valence-corrected chi connectivity index (χ0v) is 12.9. The molecule has 0 amide bonds. The standard InChI is InChI=1S/C12H30N2O2Si/c1-5-15-17(4,16-6-2)11-12(3)10-14-9-7-8-13/h12,14H,5-11,13H2,1-4H3. The van der Waals surface area contributed by atoms with Crippen molar-refractivity contribution in [3.63, 3.8) is 0 Å². The molecule has 0 bridgehead atoms. The Hall–Kier alpha value is 0.0569. The van der Waals surface area contributed by atoms with Gasteiger partial charge in [0.1, 0.15) is 0 Å². The molecule has 4 nitrogen and oxygen atoms in total. The third-order valence-electron chi connectivity index (χ3n) is 2.67. The van der Waals surface area contributed by atoms with Crippen LogP contribution in [0.5, 0.6) is 0 Å². The second kappa shape index (κ2) is 10.0. The van der Waals surface area contributed by atoms with Crippen molar-refractivity contribution < 1.29 is 8.85 Å². The molecule has 0 rings (SSSR count). The fourth-order valence-electron chi connectivity index (χ4n) is 2.05. The maximum Gasteiger partial charge on any atom is 0.335 e. The second-order valence-electron chi connectivity index (χ2n) is 4.66. The minimum absolute atomic E-state index is 0.586. The smallest absolute Gasteiger partial charge is 0.335 e. The molecule has 0 spiro atoms. The zero-order valence-electron chi connectivity index (χ0n) is 11.9. The Labute approximate surface area is 107 Å². The summed E-state index contributed by atoms with van der Waals surface area (Å²) in [5.74, 6) is 0.586. The summed E-state index contributed by atoms with van der Waals surface area (Å²) in [6.45, 7) is 12.8. The summed E-state index contributed by atoms with van der Waals surface area (Å²) < 4.78 is 11.7. The zero-order chi connectivity index (χ0) is 13.1. The summed E-state index contributed by atoms with van der Waals surface area (Å²) in [4.78, 5) is 0. The lowest BCUT2D eigenvalue weighted by atomic mass is 10.2. The molecule has 0 aliphatic heterocycles. The topological polar surface area (TPSA) is 56.5 Å². The number of hydrogen-bond donors (Lipinski definition) is 2. The Morgan fingerprint density at radius 1 is 1.24 bits per heavy atom. The van der Waals surface area contributed by atoms with Gasteiger partial charge in [-0.15, -0.1) is 0 Å². The fraction of sp³-hybridized carbons (Fsp3) is 1.00. The van der Waals surface area contributed by atoms with Crippen LogP contribution in [0.4, 0.5) is 0 Å². The van der Waals surface area contributed by atoms with Crippen molar-refractivity contribution in [3.05, 3.63) is 0 Å². The minimum Gasteiger partial charge on any atom is -0.395 e. The Morgan fingerprint density at radius 2 is 1.82 bits per heavy atom. The van der Waals surface area contributed by atoms with Gasteiger partial charge in [0.05, 0.1) is 0 Å². The van der Waals surface area contributed by atoms with E-state index >= 15 is 0 Å². The number of nitrogens with one attached hydrogen (secondary N) is 1. The lowest BCUT2D eigenvalue weighted by Crippen LogP contribution is -2.41. The highest BCUT2D eigenvalue weighted by Crippen LogP contribution is 2.19. The van der Waals surface area contributed by atoms with Crippen LogP contribution in [0.1, 0.15) is 27.2 Å². The van der Waals surface area contributed by atoms with Crippen molar-refractivity contribution >= 4 is 8.56 Å². The van der Waals surface area contributed by atoms with Crippen LogP contribution < -0.4 is 11.1 Å². The predicted molar refractivity (Wildman–Crippen MR) is 75.4 cm³/mol. The highest BCUT2D eigenvalue weighted by atomic mass is 28.4. The highest BCUT2D eigenvalue weighted by molar-refractivity contribution is 6.66. The van der Waals surface area contributed by atoms with E-state index in [-0.39, 0.29) is 0 Å². The maximum absolute atomic E-state index is 5.84. The highest BCUT2D eigenvalue weighted by Gasteiger charge is 2.32. The molecular weight excluding hydrogens is 232 g/mol. The van der Waals surface area contributed by atoms with Crippen LogP contribution in [0.15, 0.2) is 0 Å². The normalized spacial score (nSPS) is 13.9. The van der Waals surface area contributed by atoms with Gasteiger partial charge in [0.2, 0.25) is 0 Å². The summed E-state index contributed by atoms with van der Waals surface area (Å²) in [5, 5.41) is 3.42. The van der Waals surface area contributed by atoms with E-state index in [2.05, 4.69) is 18.8 Å². The van der Waals surface area contributed by atoms with E-state index in [0.717, 1.165) is 45.3 Å². The van der Waals surface area contributed by atoms with Crippen LogP contribution in [-0.4, -0.2) is 41.4 Å². The van der Waals surface area contributed by atoms with Crippen LogP contribution in [-0.2, 0) is 8.85 Å². The van der Waals surface area contributed by atoms with Gasteiger partial charge in [-0.25, -0.2) is 0 Å².